The molecule has 0 amide bonds. The summed E-state index contributed by atoms with van der Waals surface area (Å²) in [4.78, 5) is 4.24. The van der Waals surface area contributed by atoms with Crippen molar-refractivity contribution in [3.63, 3.8) is 0 Å². The van der Waals surface area contributed by atoms with Gasteiger partial charge in [0.25, 0.3) is 0 Å². The molecule has 0 aliphatic carbocycles. The van der Waals surface area contributed by atoms with Gasteiger partial charge in [0.1, 0.15) is 17.8 Å². The molecule has 3 aromatic rings. The molecule has 1 N–H and O–H groups in total. The second-order valence-corrected chi connectivity index (χ2v) is 8.75. The summed E-state index contributed by atoms with van der Waals surface area (Å²) in [6, 6.07) is 8.77. The lowest BCUT2D eigenvalue weighted by Crippen LogP contribution is -2.48. The zero-order chi connectivity index (χ0) is 24.0. The second-order valence-electron chi connectivity index (χ2n) is 8.75. The Bertz CT molecular complexity index is 1180. The molecule has 2 aromatic carbocycles. The van der Waals surface area contributed by atoms with Crippen molar-refractivity contribution in [2.75, 3.05) is 11.5 Å². The first-order valence-corrected chi connectivity index (χ1v) is 10.9. The molecule has 0 bridgehead atoms. The first-order chi connectivity index (χ1) is 15.5. The van der Waals surface area contributed by atoms with Crippen molar-refractivity contribution in [3.8, 4) is 5.75 Å². The third-order valence-corrected chi connectivity index (χ3v) is 6.63. The van der Waals surface area contributed by atoms with E-state index in [9.17, 15) is 22.7 Å². The molecule has 2 heterocycles. The van der Waals surface area contributed by atoms with Crippen LogP contribution in [0.3, 0.4) is 0 Å². The largest absolute Gasteiger partial charge is 0.493 e. The molecule has 1 aliphatic heterocycles. The Hall–Kier alpha value is -2.87. The molecule has 0 spiro atoms. The van der Waals surface area contributed by atoms with Gasteiger partial charge in [0, 0.05) is 52.0 Å². The minimum Gasteiger partial charge on any atom is -0.493 e. The number of ether oxygens (including phenoxy) is 1. The van der Waals surface area contributed by atoms with E-state index in [4.69, 9.17) is 4.74 Å². The average Bonchev–Trinajstić information content (AvgIpc) is 3.21. The van der Waals surface area contributed by atoms with E-state index in [-0.39, 0.29) is 17.0 Å². The van der Waals surface area contributed by atoms with Gasteiger partial charge in [-0.15, -0.1) is 13.2 Å². The quantitative estimate of drug-likeness (QED) is 0.276. The molecule has 4 rings (SSSR count). The fraction of sp³-hybridized carbons (Fsp3) is 0.400. The van der Waals surface area contributed by atoms with Crippen molar-refractivity contribution in [2.45, 2.75) is 58.0 Å². The first kappa shape index (κ1) is 23.3. The third-order valence-electron chi connectivity index (χ3n) is 6.63. The van der Waals surface area contributed by atoms with Gasteiger partial charge in [0.05, 0.1) is 12.3 Å². The maximum Gasteiger partial charge on any atom is 0.486 e. The zero-order valence-electron chi connectivity index (χ0n) is 18.7. The van der Waals surface area contributed by atoms with Crippen molar-refractivity contribution in [3.05, 3.63) is 65.2 Å². The number of rotatable bonds is 6. The Morgan fingerprint density at radius 3 is 2.64 bits per heavy atom. The average molecular weight is 462 g/mol. The number of halogens is 4. The Kier molecular flexibility index (Phi) is 5.99. The number of aromatic nitrogens is 1. The summed E-state index contributed by atoms with van der Waals surface area (Å²) in [5.41, 5.74) is 0.663. The van der Waals surface area contributed by atoms with Crippen LogP contribution in [0.5, 0.6) is 5.75 Å². The van der Waals surface area contributed by atoms with Crippen molar-refractivity contribution < 1.29 is 27.4 Å². The van der Waals surface area contributed by atoms with Crippen LogP contribution in [-0.4, -0.2) is 29.2 Å². The number of aryl methyl sites for hydroxylation is 1. The molecule has 1 aliphatic rings. The summed E-state index contributed by atoms with van der Waals surface area (Å²) in [7, 11) is 0. The number of aliphatic hydroxyl groups excluding tert-OH is 1. The number of hydrogen-bond acceptors (Lipinski definition) is 4. The molecule has 33 heavy (non-hydrogen) atoms. The number of fused-ring (bicyclic) bond motifs is 2. The lowest BCUT2D eigenvalue weighted by atomic mass is 9.75. The Morgan fingerprint density at radius 1 is 1.18 bits per heavy atom. The fourth-order valence-electron chi connectivity index (χ4n) is 4.67. The van der Waals surface area contributed by atoms with Gasteiger partial charge < -0.3 is 9.84 Å². The molecule has 1 aromatic heterocycles. The number of pyridine rings is 1. The molecule has 0 fully saturated rings. The highest BCUT2D eigenvalue weighted by molar-refractivity contribution is 5.95. The van der Waals surface area contributed by atoms with E-state index < -0.39 is 23.8 Å². The van der Waals surface area contributed by atoms with Gasteiger partial charge in [-0.3, -0.25) is 9.88 Å². The van der Waals surface area contributed by atoms with Crippen molar-refractivity contribution in [2.24, 2.45) is 0 Å². The van der Waals surface area contributed by atoms with Gasteiger partial charge in [-0.05, 0) is 37.6 Å². The van der Waals surface area contributed by atoms with Crippen LogP contribution < -0.4 is 9.64 Å². The van der Waals surface area contributed by atoms with E-state index in [1.165, 1.54) is 36.5 Å². The monoisotopic (exact) mass is 462 g/mol. The molecule has 176 valence electrons. The molecular formula is C25H26F4N2O2. The highest BCUT2D eigenvalue weighted by Crippen LogP contribution is 2.45. The lowest BCUT2D eigenvalue weighted by Gasteiger charge is -2.38. The van der Waals surface area contributed by atoms with Gasteiger partial charge in [0.15, 0.2) is 0 Å². The Labute approximate surface area is 189 Å². The van der Waals surface area contributed by atoms with Crippen LogP contribution in [0.25, 0.3) is 10.8 Å². The molecule has 0 radical (unpaired) electrons. The maximum atomic E-state index is 14.3. The van der Waals surface area contributed by atoms with Crippen LogP contribution in [0.1, 0.15) is 43.5 Å². The van der Waals surface area contributed by atoms with E-state index in [1.807, 2.05) is 6.92 Å². The summed E-state index contributed by atoms with van der Waals surface area (Å²) in [6.07, 6.45) is -4.66. The molecular weight excluding hydrogens is 436 g/mol. The predicted octanol–water partition coefficient (Wildman–Crippen LogP) is 6.02. The minimum atomic E-state index is -4.85. The van der Waals surface area contributed by atoms with Crippen LogP contribution in [0.4, 0.5) is 23.2 Å². The summed E-state index contributed by atoms with van der Waals surface area (Å²) in [5.74, 6) is 0.0477. The van der Waals surface area contributed by atoms with Crippen LogP contribution in [-0.2, 0) is 11.8 Å². The summed E-state index contributed by atoms with van der Waals surface area (Å²) in [5, 5.41) is 11.9. The highest BCUT2D eigenvalue weighted by atomic mass is 19.4. The van der Waals surface area contributed by atoms with E-state index in [0.29, 0.717) is 52.8 Å². The van der Waals surface area contributed by atoms with Crippen molar-refractivity contribution in [1.29, 1.82) is 0 Å². The minimum absolute atomic E-state index is 0.0864. The van der Waals surface area contributed by atoms with Gasteiger partial charge >= 0.3 is 6.30 Å². The van der Waals surface area contributed by atoms with Crippen LogP contribution in [0.2, 0.25) is 0 Å². The second kappa shape index (κ2) is 8.48. The molecule has 0 saturated heterocycles. The third kappa shape index (κ3) is 4.24. The molecule has 0 saturated carbocycles. The maximum absolute atomic E-state index is 14.3. The van der Waals surface area contributed by atoms with E-state index in [2.05, 4.69) is 4.98 Å². The summed E-state index contributed by atoms with van der Waals surface area (Å²) in [6.45, 7) is 5.66. The van der Waals surface area contributed by atoms with E-state index in [0.717, 1.165) is 0 Å². The smallest absolute Gasteiger partial charge is 0.486 e. The van der Waals surface area contributed by atoms with Gasteiger partial charge in [0.2, 0.25) is 0 Å². The number of hydrogen-bond donors (Lipinski definition) is 1. The van der Waals surface area contributed by atoms with Crippen molar-refractivity contribution in [1.82, 2.24) is 4.98 Å². The number of benzene rings is 2. The van der Waals surface area contributed by atoms with Crippen LogP contribution in [0, 0.1) is 12.7 Å². The van der Waals surface area contributed by atoms with Crippen molar-refractivity contribution >= 4 is 16.5 Å². The zero-order valence-corrected chi connectivity index (χ0v) is 18.7. The highest BCUT2D eigenvalue weighted by Gasteiger charge is 2.45. The van der Waals surface area contributed by atoms with Gasteiger partial charge in [-0.1, -0.05) is 26.0 Å². The summed E-state index contributed by atoms with van der Waals surface area (Å²) < 4.78 is 63.0. The van der Waals surface area contributed by atoms with Crippen LogP contribution in [0.15, 0.2) is 42.6 Å². The molecule has 2 atom stereocenters. The fourth-order valence-corrected chi connectivity index (χ4v) is 4.67. The SMILES string of the molecule is CCC(C)(CC(O)N(c1cccc2c(C)nccc12)C(F)(F)F)c1cc(F)cc2c1OCC2. The first-order valence-electron chi connectivity index (χ1n) is 10.9. The Morgan fingerprint density at radius 2 is 1.94 bits per heavy atom. The molecule has 8 heteroatoms. The van der Waals surface area contributed by atoms with Gasteiger partial charge in [-0.2, -0.15) is 0 Å². The lowest BCUT2D eigenvalue weighted by molar-refractivity contribution is -0.151. The number of anilines is 1. The Balaban J connectivity index is 1.78. The summed E-state index contributed by atoms with van der Waals surface area (Å²) >= 11 is 0. The van der Waals surface area contributed by atoms with E-state index >= 15 is 0 Å². The predicted molar refractivity (Wildman–Crippen MR) is 119 cm³/mol. The number of alkyl halides is 3. The topological polar surface area (TPSA) is 45.6 Å². The number of nitrogens with zero attached hydrogens (tertiary/aromatic N) is 2. The standard InChI is InChI=1S/C25H26F4N2O2/c1-4-24(3,20-13-17(26)12-16-9-11-33-23(16)20)14-22(32)31(25(27,28)29)21-7-5-6-18-15(2)30-10-8-19(18)21/h5-8,10,12-13,22,32H,4,9,11,14H2,1-3H3. The molecule has 4 nitrogen and oxygen atoms in total. The molecule has 2 unspecified atom stereocenters. The number of aliphatic hydroxyl groups is 1. The van der Waals surface area contributed by atoms with E-state index in [1.54, 1.807) is 19.9 Å². The van der Waals surface area contributed by atoms with Gasteiger partial charge in [-0.25, -0.2) is 4.39 Å². The normalized spacial score (nSPS) is 16.2. The van der Waals surface area contributed by atoms with Crippen LogP contribution >= 0.6 is 0 Å².